The zero-order chi connectivity index (χ0) is 27.1. The maximum Gasteiger partial charge on any atom is 0.259 e. The van der Waals surface area contributed by atoms with Crippen molar-refractivity contribution < 1.29 is 9.59 Å². The highest BCUT2D eigenvalue weighted by Crippen LogP contribution is 2.39. The molecule has 0 aliphatic carbocycles. The van der Waals surface area contributed by atoms with Crippen molar-refractivity contribution in [1.82, 2.24) is 19.8 Å². The number of carbonyl (C=O) groups is 2. The maximum atomic E-state index is 13.4. The quantitative estimate of drug-likeness (QED) is 0.329. The van der Waals surface area contributed by atoms with Crippen LogP contribution < -0.4 is 15.1 Å². The summed E-state index contributed by atoms with van der Waals surface area (Å²) < 4.78 is 2.21. The number of imide groups is 1. The molecule has 3 heterocycles. The van der Waals surface area contributed by atoms with E-state index in [0.717, 1.165) is 70.5 Å². The Bertz CT molecular complexity index is 1570. The summed E-state index contributed by atoms with van der Waals surface area (Å²) in [4.78, 5) is 36.4. The number of aromatic nitrogens is 2. The van der Waals surface area contributed by atoms with Crippen LogP contribution in [-0.4, -0.2) is 74.1 Å². The van der Waals surface area contributed by atoms with E-state index in [4.69, 9.17) is 0 Å². The monoisotopic (exact) mass is 512 g/mol. The summed E-state index contributed by atoms with van der Waals surface area (Å²) in [6, 6.07) is 12.4. The third-order valence-electron chi connectivity index (χ3n) is 7.58. The Hall–Kier alpha value is -4.04. The van der Waals surface area contributed by atoms with Gasteiger partial charge in [-0.2, -0.15) is 0 Å². The lowest BCUT2D eigenvalue weighted by Gasteiger charge is -2.18. The maximum absolute atomic E-state index is 13.4. The van der Waals surface area contributed by atoms with Gasteiger partial charge in [0.2, 0.25) is 0 Å². The fraction of sp³-hybridized carbons (Fsp3) is 0.333. The molecule has 4 aromatic rings. The van der Waals surface area contributed by atoms with Crippen molar-refractivity contribution >= 4 is 56.1 Å². The number of hydrogen-bond donors (Lipinski definition) is 2. The minimum Gasteiger partial charge on any atom is -0.378 e. The number of hydrogen-bond acceptors (Lipinski definition) is 5. The second kappa shape index (κ2) is 10.0. The Kier molecular flexibility index (Phi) is 6.75. The van der Waals surface area contributed by atoms with Crippen molar-refractivity contribution in [3.05, 3.63) is 59.9 Å². The SMILES string of the molecule is CCN(CC)CCn1cc(C2=C(c3c[nH]c4ccc(N(C)C)cc34)C(=O)NC2=O)c2cc(N(C)C)ccc21. The highest BCUT2D eigenvalue weighted by molar-refractivity contribution is 6.50. The lowest BCUT2D eigenvalue weighted by Crippen LogP contribution is -2.26. The molecular formula is C30H36N6O2. The number of fused-ring (bicyclic) bond motifs is 2. The van der Waals surface area contributed by atoms with Gasteiger partial charge in [-0.1, -0.05) is 13.8 Å². The molecular weight excluding hydrogens is 476 g/mol. The summed E-state index contributed by atoms with van der Waals surface area (Å²) >= 11 is 0. The summed E-state index contributed by atoms with van der Waals surface area (Å²) in [6.45, 7) is 7.99. The summed E-state index contributed by atoms with van der Waals surface area (Å²) in [5.41, 5.74) is 6.37. The molecule has 0 radical (unpaired) electrons. The molecule has 198 valence electrons. The molecule has 8 nitrogen and oxygen atoms in total. The minimum atomic E-state index is -0.367. The van der Waals surface area contributed by atoms with Gasteiger partial charge in [0.25, 0.3) is 11.8 Å². The lowest BCUT2D eigenvalue weighted by atomic mass is 9.95. The van der Waals surface area contributed by atoms with Gasteiger partial charge in [-0.3, -0.25) is 14.9 Å². The Labute approximate surface area is 223 Å². The van der Waals surface area contributed by atoms with Gasteiger partial charge in [0.05, 0.1) is 11.1 Å². The Morgan fingerprint density at radius 2 is 1.39 bits per heavy atom. The zero-order valence-electron chi connectivity index (χ0n) is 23.1. The van der Waals surface area contributed by atoms with Crippen LogP contribution in [0.25, 0.3) is 33.0 Å². The van der Waals surface area contributed by atoms with Crippen molar-refractivity contribution in [1.29, 1.82) is 0 Å². The summed E-state index contributed by atoms with van der Waals surface area (Å²) in [5.74, 6) is -0.727. The molecule has 0 saturated heterocycles. The Morgan fingerprint density at radius 1 is 0.789 bits per heavy atom. The van der Waals surface area contributed by atoms with Gasteiger partial charge < -0.3 is 24.3 Å². The standard InChI is InChI=1S/C30H36N6O2/c1-7-35(8-2)13-14-36-18-24(22-16-20(34(5)6)10-12-26(22)36)28-27(29(37)32-30(28)38)23-17-31-25-11-9-19(33(3)4)15-21(23)25/h9-12,15-18,31H,7-8,13-14H2,1-6H3,(H,32,37,38). The first-order chi connectivity index (χ1) is 18.2. The van der Waals surface area contributed by atoms with Crippen molar-refractivity contribution in [2.45, 2.75) is 20.4 Å². The van der Waals surface area contributed by atoms with Gasteiger partial charge in [0, 0.05) is 98.0 Å². The van der Waals surface area contributed by atoms with E-state index in [0.29, 0.717) is 11.1 Å². The number of carbonyl (C=O) groups excluding carboxylic acids is 2. The minimum absolute atomic E-state index is 0.360. The molecule has 8 heteroatoms. The Morgan fingerprint density at radius 3 is 2.03 bits per heavy atom. The Balaban J connectivity index is 1.74. The summed E-state index contributed by atoms with van der Waals surface area (Å²) in [7, 11) is 7.98. The predicted molar refractivity (Wildman–Crippen MR) is 157 cm³/mol. The first kappa shape index (κ1) is 25.6. The number of likely N-dealkylation sites (N-methyl/N-ethyl adjacent to an activating group) is 1. The number of nitrogens with zero attached hydrogens (tertiary/aromatic N) is 4. The van der Waals surface area contributed by atoms with Crippen LogP contribution in [-0.2, 0) is 16.1 Å². The van der Waals surface area contributed by atoms with Crippen molar-refractivity contribution in [3.8, 4) is 0 Å². The van der Waals surface area contributed by atoms with Crippen molar-refractivity contribution in [2.24, 2.45) is 0 Å². The third-order valence-corrected chi connectivity index (χ3v) is 7.58. The molecule has 38 heavy (non-hydrogen) atoms. The molecule has 0 spiro atoms. The number of benzene rings is 2. The molecule has 0 unspecified atom stereocenters. The van der Waals surface area contributed by atoms with E-state index in [1.807, 2.05) is 62.5 Å². The molecule has 0 saturated carbocycles. The topological polar surface area (TPSA) is 76.6 Å². The van der Waals surface area contributed by atoms with E-state index >= 15 is 0 Å². The third kappa shape index (κ3) is 4.35. The summed E-state index contributed by atoms with van der Waals surface area (Å²) in [5, 5.41) is 4.45. The molecule has 0 atom stereocenters. The van der Waals surface area contributed by atoms with Crippen LogP contribution in [0.2, 0.25) is 0 Å². The molecule has 2 aromatic heterocycles. The van der Waals surface area contributed by atoms with Gasteiger partial charge in [-0.05, 0) is 49.5 Å². The van der Waals surface area contributed by atoms with Gasteiger partial charge in [0.1, 0.15) is 0 Å². The predicted octanol–water partition coefficient (Wildman–Crippen LogP) is 4.16. The highest BCUT2D eigenvalue weighted by Gasteiger charge is 2.35. The van der Waals surface area contributed by atoms with Crippen molar-refractivity contribution in [2.75, 3.05) is 57.6 Å². The van der Waals surface area contributed by atoms with Crippen molar-refractivity contribution in [3.63, 3.8) is 0 Å². The smallest absolute Gasteiger partial charge is 0.259 e. The number of aromatic amines is 1. The van der Waals surface area contributed by atoms with Gasteiger partial charge in [-0.25, -0.2) is 0 Å². The lowest BCUT2D eigenvalue weighted by molar-refractivity contribution is -0.122. The second-order valence-corrected chi connectivity index (χ2v) is 10.2. The molecule has 2 amide bonds. The van der Waals surface area contributed by atoms with E-state index in [9.17, 15) is 9.59 Å². The molecule has 1 aliphatic heterocycles. The van der Waals surface area contributed by atoms with Crippen LogP contribution in [0.5, 0.6) is 0 Å². The van der Waals surface area contributed by atoms with E-state index in [1.54, 1.807) is 0 Å². The van der Waals surface area contributed by atoms with E-state index in [1.165, 1.54) is 0 Å². The van der Waals surface area contributed by atoms with Crippen LogP contribution in [0.3, 0.4) is 0 Å². The first-order valence-corrected chi connectivity index (χ1v) is 13.1. The largest absolute Gasteiger partial charge is 0.378 e. The van der Waals surface area contributed by atoms with Crippen LogP contribution in [0, 0.1) is 0 Å². The molecule has 1 aliphatic rings. The number of rotatable bonds is 9. The number of nitrogens with one attached hydrogen (secondary N) is 2. The van der Waals surface area contributed by atoms with Crippen LogP contribution in [0.15, 0.2) is 48.8 Å². The van der Waals surface area contributed by atoms with E-state index < -0.39 is 0 Å². The van der Waals surface area contributed by atoms with Gasteiger partial charge in [-0.15, -0.1) is 0 Å². The second-order valence-electron chi connectivity index (χ2n) is 10.2. The zero-order valence-corrected chi connectivity index (χ0v) is 23.1. The fourth-order valence-corrected chi connectivity index (χ4v) is 5.30. The number of H-pyrrole nitrogens is 1. The van der Waals surface area contributed by atoms with E-state index in [2.05, 4.69) is 57.9 Å². The van der Waals surface area contributed by atoms with Gasteiger partial charge in [0.15, 0.2) is 0 Å². The normalized spacial score (nSPS) is 13.9. The average molecular weight is 513 g/mol. The number of amides is 2. The fourth-order valence-electron chi connectivity index (χ4n) is 5.30. The molecule has 2 aromatic carbocycles. The average Bonchev–Trinajstić information content (AvgIpc) is 3.56. The van der Waals surface area contributed by atoms with Crippen LogP contribution in [0.1, 0.15) is 25.0 Å². The molecule has 0 fully saturated rings. The molecule has 0 bridgehead atoms. The highest BCUT2D eigenvalue weighted by atomic mass is 16.2. The molecule has 5 rings (SSSR count). The van der Waals surface area contributed by atoms with Crippen LogP contribution in [0.4, 0.5) is 11.4 Å². The number of anilines is 2. The van der Waals surface area contributed by atoms with Gasteiger partial charge >= 0.3 is 0 Å². The van der Waals surface area contributed by atoms with Crippen LogP contribution >= 0.6 is 0 Å². The molecule has 2 N–H and O–H groups in total. The first-order valence-electron chi connectivity index (χ1n) is 13.1. The summed E-state index contributed by atoms with van der Waals surface area (Å²) in [6.07, 6.45) is 3.88. The van der Waals surface area contributed by atoms with E-state index in [-0.39, 0.29) is 11.8 Å².